The molecule has 0 aliphatic rings. The van der Waals surface area contributed by atoms with Crippen LogP contribution in [-0.4, -0.2) is 27.1 Å². The van der Waals surface area contributed by atoms with Gasteiger partial charge >= 0.3 is 0 Å². The van der Waals surface area contributed by atoms with Gasteiger partial charge in [-0.15, -0.1) is 0 Å². The van der Waals surface area contributed by atoms with Gasteiger partial charge in [-0.2, -0.15) is 4.98 Å². The van der Waals surface area contributed by atoms with Crippen molar-refractivity contribution in [3.05, 3.63) is 71.2 Å². The molecule has 0 saturated carbocycles. The van der Waals surface area contributed by atoms with Crippen LogP contribution in [-0.2, 0) is 9.71 Å². The van der Waals surface area contributed by atoms with E-state index in [1.165, 1.54) is 6.07 Å². The molecule has 1 unspecified atom stereocenters. The number of aryl methyl sites for hydroxylation is 1. The number of hydrogen-bond acceptors (Lipinski definition) is 5. The van der Waals surface area contributed by atoms with E-state index in [2.05, 4.69) is 38.3 Å². The lowest BCUT2D eigenvalue weighted by molar-refractivity contribution is 0.618. The largest absolute Gasteiger partial charge is 0.372 e. The van der Waals surface area contributed by atoms with Crippen molar-refractivity contribution in [2.75, 3.05) is 17.7 Å². The molecule has 0 bridgehead atoms. The van der Waals surface area contributed by atoms with Crippen LogP contribution in [0.15, 0.2) is 53.6 Å². The van der Waals surface area contributed by atoms with Crippen molar-refractivity contribution < 1.29 is 8.60 Å². The number of benzene rings is 2. The van der Waals surface area contributed by atoms with Gasteiger partial charge in [0.2, 0.25) is 5.95 Å². The molecule has 6 nitrogen and oxygen atoms in total. The molecule has 0 spiro atoms. The van der Waals surface area contributed by atoms with Gasteiger partial charge in [0.15, 0.2) is 0 Å². The minimum Gasteiger partial charge on any atom is -0.372 e. The van der Waals surface area contributed by atoms with Crippen LogP contribution in [0.3, 0.4) is 0 Å². The molecule has 0 aliphatic heterocycles. The highest BCUT2D eigenvalue weighted by atomic mass is 32.2. The summed E-state index contributed by atoms with van der Waals surface area (Å²) in [7, 11) is -1.01. The number of nitrogens with two attached hydrogens (primary N) is 1. The molecule has 8 heteroatoms. The van der Waals surface area contributed by atoms with E-state index < -0.39 is 9.71 Å². The fourth-order valence-corrected chi connectivity index (χ4v) is 3.08. The van der Waals surface area contributed by atoms with Gasteiger partial charge in [-0.05, 0) is 60.8 Å². The zero-order valence-corrected chi connectivity index (χ0v) is 16.8. The Morgan fingerprint density at radius 3 is 2.52 bits per heavy atom. The molecule has 0 saturated heterocycles. The first-order valence-electron chi connectivity index (χ1n) is 8.61. The quantitative estimate of drug-likeness (QED) is 0.455. The molecular formula is C21H20FN5OS. The average molecular weight is 409 g/mol. The first-order valence-corrected chi connectivity index (χ1v) is 10.4. The van der Waals surface area contributed by atoms with Crippen molar-refractivity contribution in [2.24, 2.45) is 5.14 Å². The molecule has 0 fully saturated rings. The summed E-state index contributed by atoms with van der Waals surface area (Å²) in [6, 6.07) is 11.4. The summed E-state index contributed by atoms with van der Waals surface area (Å²) >= 11 is 0. The van der Waals surface area contributed by atoms with Gasteiger partial charge in [0.05, 0.1) is 21.5 Å². The van der Waals surface area contributed by atoms with Crippen LogP contribution in [0.4, 0.5) is 21.8 Å². The third-order valence-electron chi connectivity index (χ3n) is 4.03. The van der Waals surface area contributed by atoms with Crippen molar-refractivity contribution in [2.45, 2.75) is 11.8 Å². The van der Waals surface area contributed by atoms with Crippen molar-refractivity contribution in [1.82, 2.24) is 9.97 Å². The van der Waals surface area contributed by atoms with Crippen molar-refractivity contribution in [3.63, 3.8) is 0 Å². The average Bonchev–Trinajstić information content (AvgIpc) is 2.69. The summed E-state index contributed by atoms with van der Waals surface area (Å²) in [5, 5.41) is 11.6. The second kappa shape index (κ2) is 8.31. The molecule has 148 valence electrons. The lowest BCUT2D eigenvalue weighted by Crippen LogP contribution is -2.11. The first-order chi connectivity index (χ1) is 13.8. The molecule has 2 aromatic carbocycles. The van der Waals surface area contributed by atoms with Crippen LogP contribution in [0.5, 0.6) is 0 Å². The topological polar surface area (TPSA) is 92.9 Å². The zero-order valence-electron chi connectivity index (χ0n) is 16.0. The van der Waals surface area contributed by atoms with Crippen LogP contribution < -0.4 is 15.8 Å². The fourth-order valence-electron chi connectivity index (χ4n) is 2.48. The van der Waals surface area contributed by atoms with E-state index in [1.807, 2.05) is 0 Å². The third kappa shape index (κ3) is 5.10. The lowest BCUT2D eigenvalue weighted by atomic mass is 10.1. The molecule has 1 aromatic heterocycles. The monoisotopic (exact) mass is 409 g/mol. The van der Waals surface area contributed by atoms with Gasteiger partial charge < -0.3 is 10.6 Å². The van der Waals surface area contributed by atoms with E-state index in [4.69, 9.17) is 5.14 Å². The van der Waals surface area contributed by atoms with Crippen LogP contribution >= 0.6 is 0 Å². The van der Waals surface area contributed by atoms with Gasteiger partial charge in [-0.1, -0.05) is 11.8 Å². The fraction of sp³-hybridized carbons (Fsp3) is 0.0952. The SMILES string of the molecule is C=S(N)(=O)c1ccc(Nc2ncc(C#Cc3ccc(F)c(C)c3)c(NC)n2)cc1. The highest BCUT2D eigenvalue weighted by Crippen LogP contribution is 2.18. The highest BCUT2D eigenvalue weighted by Gasteiger charge is 2.06. The van der Waals surface area contributed by atoms with Crippen molar-refractivity contribution >= 4 is 33.0 Å². The van der Waals surface area contributed by atoms with E-state index in [1.54, 1.807) is 56.6 Å². The predicted octanol–water partition coefficient (Wildman–Crippen LogP) is 3.06. The van der Waals surface area contributed by atoms with Crippen LogP contribution in [0, 0.1) is 24.6 Å². The Hall–Kier alpha value is -3.41. The van der Waals surface area contributed by atoms with Crippen LogP contribution in [0.25, 0.3) is 0 Å². The maximum Gasteiger partial charge on any atom is 0.229 e. The minimum atomic E-state index is -2.75. The van der Waals surface area contributed by atoms with E-state index in [9.17, 15) is 8.60 Å². The van der Waals surface area contributed by atoms with E-state index >= 15 is 0 Å². The van der Waals surface area contributed by atoms with Gasteiger partial charge in [0.25, 0.3) is 0 Å². The van der Waals surface area contributed by atoms with Crippen LogP contribution in [0.2, 0.25) is 0 Å². The van der Waals surface area contributed by atoms with Crippen LogP contribution in [0.1, 0.15) is 16.7 Å². The molecule has 0 radical (unpaired) electrons. The summed E-state index contributed by atoms with van der Waals surface area (Å²) in [4.78, 5) is 9.15. The maximum absolute atomic E-state index is 13.4. The Balaban J connectivity index is 1.82. The predicted molar refractivity (Wildman–Crippen MR) is 116 cm³/mol. The van der Waals surface area contributed by atoms with Gasteiger partial charge in [-0.25, -0.2) is 13.6 Å². The summed E-state index contributed by atoms with van der Waals surface area (Å²) < 4.78 is 25.1. The number of nitrogens with zero attached hydrogens (tertiary/aromatic N) is 2. The van der Waals surface area contributed by atoms with E-state index in [0.717, 1.165) is 0 Å². The first kappa shape index (κ1) is 20.3. The van der Waals surface area contributed by atoms with E-state index in [0.29, 0.717) is 39.0 Å². The van der Waals surface area contributed by atoms with Gasteiger partial charge in [0, 0.05) is 23.2 Å². The normalized spacial score (nSPS) is 12.4. The number of anilines is 3. The lowest BCUT2D eigenvalue weighted by Gasteiger charge is -2.09. The number of aromatic nitrogens is 2. The molecule has 4 N–H and O–H groups in total. The Bertz CT molecular complexity index is 1210. The Labute approximate surface area is 169 Å². The molecular weight excluding hydrogens is 389 g/mol. The maximum atomic E-state index is 13.4. The summed E-state index contributed by atoms with van der Waals surface area (Å²) in [6.07, 6.45) is 1.60. The van der Waals surface area contributed by atoms with Crippen molar-refractivity contribution in [3.8, 4) is 11.8 Å². The highest BCUT2D eigenvalue weighted by molar-refractivity contribution is 7.98. The number of halogens is 1. The summed E-state index contributed by atoms with van der Waals surface area (Å²) in [5.41, 5.74) is 2.56. The Morgan fingerprint density at radius 2 is 1.90 bits per heavy atom. The number of rotatable bonds is 4. The second-order valence-corrected chi connectivity index (χ2v) is 8.22. The Morgan fingerprint density at radius 1 is 1.17 bits per heavy atom. The smallest absolute Gasteiger partial charge is 0.229 e. The molecule has 0 amide bonds. The molecule has 1 atom stereocenters. The molecule has 0 aliphatic carbocycles. The summed E-state index contributed by atoms with van der Waals surface area (Å²) in [5.74, 6) is 10.1. The molecule has 29 heavy (non-hydrogen) atoms. The van der Waals surface area contributed by atoms with Gasteiger partial charge in [0.1, 0.15) is 11.6 Å². The molecule has 1 heterocycles. The molecule has 3 rings (SSSR count). The number of hydrogen-bond donors (Lipinski definition) is 3. The second-order valence-electron chi connectivity index (χ2n) is 6.30. The zero-order chi connectivity index (χ0) is 21.0. The summed E-state index contributed by atoms with van der Waals surface area (Å²) in [6.45, 7) is 1.69. The third-order valence-corrected chi connectivity index (χ3v) is 5.10. The molecule has 3 aromatic rings. The van der Waals surface area contributed by atoms with Gasteiger partial charge in [-0.3, -0.25) is 5.14 Å². The number of nitrogens with one attached hydrogen (secondary N) is 2. The standard InChI is InChI=1S/C21H20FN5OS/c1-14-12-15(5-11-19(14)22)4-6-16-13-25-21(27-20(16)24-2)26-17-7-9-18(10-8-17)29(3,23)28/h5,7-13H,3H2,1-2H3,(H2,23,28)(H2,24,25,26,27). The van der Waals surface area contributed by atoms with Crippen molar-refractivity contribution in [1.29, 1.82) is 0 Å². The van der Waals surface area contributed by atoms with E-state index in [-0.39, 0.29) is 5.82 Å². The Kier molecular flexibility index (Phi) is 5.82. The minimum absolute atomic E-state index is 0.262.